The highest BCUT2D eigenvalue weighted by Crippen LogP contribution is 2.52. The van der Waals surface area contributed by atoms with Gasteiger partial charge in [0.1, 0.15) is 5.66 Å². The average molecular weight is 390 g/mol. The van der Waals surface area contributed by atoms with E-state index in [1.165, 1.54) is 16.9 Å². The van der Waals surface area contributed by atoms with E-state index in [9.17, 15) is 4.79 Å². The molecule has 29 heavy (non-hydrogen) atoms. The van der Waals surface area contributed by atoms with Gasteiger partial charge in [-0.25, -0.2) is 0 Å². The summed E-state index contributed by atoms with van der Waals surface area (Å²) in [5.41, 5.74) is 4.09. The lowest BCUT2D eigenvalue weighted by atomic mass is 9.74. The molecule has 4 heteroatoms. The first-order valence-corrected chi connectivity index (χ1v) is 10.7. The van der Waals surface area contributed by atoms with Gasteiger partial charge in [-0.2, -0.15) is 0 Å². The average Bonchev–Trinajstić information content (AvgIpc) is 2.92. The van der Waals surface area contributed by atoms with E-state index in [-0.39, 0.29) is 11.3 Å². The Bertz CT molecular complexity index is 927. The number of fused-ring (bicyclic) bond motifs is 3. The van der Waals surface area contributed by atoms with Gasteiger partial charge in [-0.05, 0) is 49.2 Å². The third kappa shape index (κ3) is 3.02. The minimum atomic E-state index is -0.552. The van der Waals surface area contributed by atoms with E-state index in [4.69, 9.17) is 0 Å². The molecule has 0 aromatic heterocycles. The maximum Gasteiger partial charge on any atom is 0.223 e. The van der Waals surface area contributed by atoms with Crippen molar-refractivity contribution in [1.29, 1.82) is 0 Å². The molecule has 2 aliphatic rings. The molecule has 1 amide bonds. The quantitative estimate of drug-likeness (QED) is 0.814. The molecule has 4 rings (SSSR count). The second kappa shape index (κ2) is 7.25. The number of anilines is 2. The topological polar surface area (TPSA) is 35.6 Å². The van der Waals surface area contributed by atoms with E-state index in [1.54, 1.807) is 0 Å². The molecule has 2 heterocycles. The highest BCUT2D eigenvalue weighted by Gasteiger charge is 2.57. The smallest absolute Gasteiger partial charge is 0.223 e. The maximum absolute atomic E-state index is 12.5. The number of nitrogens with zero attached hydrogens (tertiary/aromatic N) is 2. The molecule has 0 bridgehead atoms. The van der Waals surface area contributed by atoms with Crippen molar-refractivity contribution in [3.8, 4) is 0 Å². The Morgan fingerprint density at radius 3 is 2.45 bits per heavy atom. The van der Waals surface area contributed by atoms with Crippen molar-refractivity contribution >= 4 is 23.4 Å². The molecule has 152 valence electrons. The summed E-state index contributed by atoms with van der Waals surface area (Å²) in [6.07, 6.45) is 4.87. The molecule has 1 atom stereocenters. The fraction of sp³-hybridized carbons (Fsp3) is 0.400. The molecular formula is C25H31N3O. The van der Waals surface area contributed by atoms with Crippen molar-refractivity contribution in [3.63, 3.8) is 0 Å². The summed E-state index contributed by atoms with van der Waals surface area (Å²) in [4.78, 5) is 17.2. The Morgan fingerprint density at radius 2 is 1.76 bits per heavy atom. The van der Waals surface area contributed by atoms with Gasteiger partial charge >= 0.3 is 0 Å². The van der Waals surface area contributed by atoms with Gasteiger partial charge in [-0.3, -0.25) is 4.79 Å². The maximum atomic E-state index is 12.5. The van der Waals surface area contributed by atoms with Crippen LogP contribution in [0, 0.1) is 0 Å². The zero-order chi connectivity index (χ0) is 20.6. The van der Waals surface area contributed by atoms with E-state index in [2.05, 4.69) is 103 Å². The number of benzene rings is 2. The van der Waals surface area contributed by atoms with Gasteiger partial charge in [-0.1, -0.05) is 50.3 Å². The van der Waals surface area contributed by atoms with E-state index in [1.807, 2.05) is 0 Å². The van der Waals surface area contributed by atoms with Crippen LogP contribution in [0.5, 0.6) is 0 Å². The van der Waals surface area contributed by atoms with Crippen molar-refractivity contribution in [2.24, 2.45) is 0 Å². The number of para-hydroxylation sites is 1. The van der Waals surface area contributed by atoms with E-state index in [0.717, 1.165) is 25.2 Å². The van der Waals surface area contributed by atoms with Gasteiger partial charge < -0.3 is 15.1 Å². The summed E-state index contributed by atoms with van der Waals surface area (Å²) in [6, 6.07) is 17.2. The minimum absolute atomic E-state index is 0.115. The Hall–Kier alpha value is -2.75. The van der Waals surface area contributed by atoms with Crippen LogP contribution >= 0.6 is 0 Å². The molecule has 2 aliphatic heterocycles. The van der Waals surface area contributed by atoms with Gasteiger partial charge in [0.25, 0.3) is 0 Å². The molecular weight excluding hydrogens is 358 g/mol. The lowest BCUT2D eigenvalue weighted by molar-refractivity contribution is -0.124. The predicted molar refractivity (Wildman–Crippen MR) is 121 cm³/mol. The standard InChI is InChI=1S/C25H31N3O/c1-5-27(6-2)20-13-11-19(12-14-20)15-17-25-24(3,4)21-9-7-8-10-22(21)28(25)18-16-23(29)26-25/h7-15,17H,5-6,16,18H2,1-4H3,(H,26,29)/b17-15+/t25-/m0/s1. The summed E-state index contributed by atoms with van der Waals surface area (Å²) >= 11 is 0. The first-order valence-electron chi connectivity index (χ1n) is 10.7. The van der Waals surface area contributed by atoms with Gasteiger partial charge in [0.05, 0.1) is 0 Å². The molecule has 2 aromatic carbocycles. The first-order chi connectivity index (χ1) is 13.9. The third-order valence-electron chi connectivity index (χ3n) is 6.68. The number of amides is 1. The van der Waals surface area contributed by atoms with Crippen LogP contribution in [0.2, 0.25) is 0 Å². The summed E-state index contributed by atoms with van der Waals surface area (Å²) in [5, 5.41) is 3.34. The Morgan fingerprint density at radius 1 is 1.07 bits per heavy atom. The second-order valence-corrected chi connectivity index (χ2v) is 8.46. The monoisotopic (exact) mass is 389 g/mol. The summed E-state index contributed by atoms with van der Waals surface area (Å²) in [6.45, 7) is 11.5. The summed E-state index contributed by atoms with van der Waals surface area (Å²) in [7, 11) is 0. The molecule has 1 N–H and O–H groups in total. The van der Waals surface area contributed by atoms with E-state index < -0.39 is 5.66 Å². The summed E-state index contributed by atoms with van der Waals surface area (Å²) < 4.78 is 0. The molecule has 1 saturated heterocycles. The zero-order valence-corrected chi connectivity index (χ0v) is 17.9. The van der Waals surface area contributed by atoms with Gasteiger partial charge in [0.2, 0.25) is 5.91 Å². The molecule has 0 radical (unpaired) electrons. The van der Waals surface area contributed by atoms with Crippen LogP contribution in [0.15, 0.2) is 54.6 Å². The molecule has 0 spiro atoms. The van der Waals surface area contributed by atoms with Crippen LogP contribution in [0.25, 0.3) is 6.08 Å². The van der Waals surface area contributed by atoms with Crippen molar-refractivity contribution in [2.75, 3.05) is 29.4 Å². The Kier molecular flexibility index (Phi) is 4.89. The number of carbonyl (C=O) groups is 1. The van der Waals surface area contributed by atoms with Crippen LogP contribution in [0.1, 0.15) is 45.2 Å². The Balaban J connectivity index is 1.71. The van der Waals surface area contributed by atoms with Crippen molar-refractivity contribution in [3.05, 3.63) is 65.7 Å². The van der Waals surface area contributed by atoms with Crippen LogP contribution in [0.3, 0.4) is 0 Å². The van der Waals surface area contributed by atoms with Crippen LogP contribution in [0.4, 0.5) is 11.4 Å². The van der Waals surface area contributed by atoms with Gasteiger partial charge in [0, 0.05) is 42.8 Å². The van der Waals surface area contributed by atoms with Crippen molar-refractivity contribution in [1.82, 2.24) is 5.32 Å². The largest absolute Gasteiger partial charge is 0.372 e. The van der Waals surface area contributed by atoms with Crippen LogP contribution in [-0.4, -0.2) is 31.2 Å². The fourth-order valence-electron chi connectivity index (χ4n) is 4.92. The van der Waals surface area contributed by atoms with Crippen LogP contribution < -0.4 is 15.1 Å². The summed E-state index contributed by atoms with van der Waals surface area (Å²) in [5.74, 6) is 0.115. The SMILES string of the molecule is CCN(CC)c1ccc(/C=C/[C@]23NC(=O)CCN2c2ccccc2C3(C)C)cc1. The lowest BCUT2D eigenvalue weighted by Gasteiger charge is -2.49. The molecule has 4 nitrogen and oxygen atoms in total. The number of nitrogens with one attached hydrogen (secondary N) is 1. The number of hydrogen-bond donors (Lipinski definition) is 1. The molecule has 0 unspecified atom stereocenters. The van der Waals surface area contributed by atoms with E-state index in [0.29, 0.717) is 6.42 Å². The fourth-order valence-corrected chi connectivity index (χ4v) is 4.92. The molecule has 0 aliphatic carbocycles. The molecule has 0 saturated carbocycles. The van der Waals surface area contributed by atoms with Crippen molar-refractivity contribution < 1.29 is 4.79 Å². The Labute approximate surface area is 174 Å². The second-order valence-electron chi connectivity index (χ2n) is 8.46. The molecule has 1 fully saturated rings. The highest BCUT2D eigenvalue weighted by atomic mass is 16.2. The highest BCUT2D eigenvalue weighted by molar-refractivity contribution is 5.84. The van der Waals surface area contributed by atoms with Gasteiger partial charge in [0.15, 0.2) is 0 Å². The molecule has 2 aromatic rings. The van der Waals surface area contributed by atoms with Gasteiger partial charge in [-0.15, -0.1) is 0 Å². The number of hydrogen-bond acceptors (Lipinski definition) is 3. The normalized spacial score (nSPS) is 22.3. The third-order valence-corrected chi connectivity index (χ3v) is 6.68. The predicted octanol–water partition coefficient (Wildman–Crippen LogP) is 4.56. The van der Waals surface area contributed by atoms with Crippen molar-refractivity contribution in [2.45, 2.75) is 45.2 Å². The number of carbonyl (C=O) groups excluding carboxylic acids is 1. The van der Waals surface area contributed by atoms with Crippen LogP contribution in [-0.2, 0) is 10.2 Å². The minimum Gasteiger partial charge on any atom is -0.372 e. The zero-order valence-electron chi connectivity index (χ0n) is 17.9. The first kappa shape index (κ1) is 19.6. The number of rotatable bonds is 5. The lowest BCUT2D eigenvalue weighted by Crippen LogP contribution is -2.68. The van der Waals surface area contributed by atoms with E-state index >= 15 is 0 Å².